The number of benzene rings is 2. The number of halogens is 1. The fourth-order valence-corrected chi connectivity index (χ4v) is 1.74. The maximum Gasteiger partial charge on any atom is 0.316 e. The lowest BCUT2D eigenvalue weighted by molar-refractivity contribution is 0.259. The molecule has 2 rings (SSSR count). The van der Waals surface area contributed by atoms with E-state index in [9.17, 15) is 14.3 Å². The molecule has 0 unspecified atom stereocenters. The molecule has 0 aromatic heterocycles. The second kappa shape index (κ2) is 5.92. The first-order valence-electron chi connectivity index (χ1n) is 5.92. The molecule has 0 atom stereocenters. The van der Waals surface area contributed by atoms with Crippen molar-refractivity contribution in [3.63, 3.8) is 0 Å². The Balaban J connectivity index is 2.07. The summed E-state index contributed by atoms with van der Waals surface area (Å²) in [6.45, 7) is 0.254. The Kier molecular flexibility index (Phi) is 4.05. The molecule has 0 radical (unpaired) electrons. The molecule has 0 aliphatic heterocycles. The van der Waals surface area contributed by atoms with Crippen LogP contribution in [0.15, 0.2) is 42.5 Å². The zero-order valence-corrected chi connectivity index (χ0v) is 10.6. The summed E-state index contributed by atoms with van der Waals surface area (Å²) in [5.41, 5.74) is 6.73. The van der Waals surface area contributed by atoms with Gasteiger partial charge in [0, 0.05) is 23.5 Å². The van der Waals surface area contributed by atoms with Gasteiger partial charge in [-0.25, -0.2) is 9.18 Å². The Morgan fingerprint density at radius 3 is 2.70 bits per heavy atom. The molecule has 6 heteroatoms. The molecule has 0 fully saturated rings. The van der Waals surface area contributed by atoms with Crippen LogP contribution in [0.1, 0.15) is 5.56 Å². The van der Waals surface area contributed by atoms with Crippen LogP contribution in [0.4, 0.5) is 20.6 Å². The van der Waals surface area contributed by atoms with E-state index in [1.807, 2.05) is 0 Å². The first-order valence-corrected chi connectivity index (χ1v) is 5.92. The maximum absolute atomic E-state index is 13.1. The first-order chi connectivity index (χ1) is 9.54. The number of anilines is 2. The lowest BCUT2D eigenvalue weighted by atomic mass is 10.2. The van der Waals surface area contributed by atoms with Gasteiger partial charge in [0.15, 0.2) is 0 Å². The van der Waals surface area contributed by atoms with Crippen LogP contribution in [0, 0.1) is 5.82 Å². The molecule has 20 heavy (non-hydrogen) atoms. The summed E-state index contributed by atoms with van der Waals surface area (Å²) in [4.78, 5) is 10.8. The molecule has 0 bridgehead atoms. The van der Waals surface area contributed by atoms with Crippen LogP contribution in [-0.2, 0) is 6.54 Å². The molecule has 0 heterocycles. The first kappa shape index (κ1) is 13.7. The van der Waals surface area contributed by atoms with Crippen LogP contribution in [0.5, 0.6) is 5.75 Å². The topological polar surface area (TPSA) is 87.4 Å². The quantitative estimate of drug-likeness (QED) is 0.691. The van der Waals surface area contributed by atoms with Crippen molar-refractivity contribution >= 4 is 17.4 Å². The molecule has 0 saturated carbocycles. The second-order valence-electron chi connectivity index (χ2n) is 4.20. The van der Waals surface area contributed by atoms with Crippen molar-refractivity contribution in [3.8, 4) is 5.75 Å². The summed E-state index contributed by atoms with van der Waals surface area (Å²) in [5.74, 6) is -0.394. The van der Waals surface area contributed by atoms with Gasteiger partial charge in [-0.15, -0.1) is 0 Å². The van der Waals surface area contributed by atoms with E-state index in [-0.39, 0.29) is 12.3 Å². The number of hydrogen-bond acceptors (Lipinski definition) is 3. The highest BCUT2D eigenvalue weighted by atomic mass is 19.1. The van der Waals surface area contributed by atoms with Crippen molar-refractivity contribution in [2.75, 3.05) is 10.6 Å². The van der Waals surface area contributed by atoms with Crippen molar-refractivity contribution in [2.45, 2.75) is 6.54 Å². The average molecular weight is 275 g/mol. The molecule has 104 valence electrons. The number of urea groups is 1. The second-order valence-corrected chi connectivity index (χ2v) is 4.20. The molecule has 5 nitrogen and oxygen atoms in total. The van der Waals surface area contributed by atoms with Gasteiger partial charge in [0.1, 0.15) is 11.6 Å². The number of nitrogens with two attached hydrogens (primary N) is 1. The van der Waals surface area contributed by atoms with Crippen LogP contribution in [-0.4, -0.2) is 11.1 Å². The van der Waals surface area contributed by atoms with Crippen molar-refractivity contribution in [1.29, 1.82) is 0 Å². The molecule has 2 aromatic rings. The molecule has 0 spiro atoms. The predicted octanol–water partition coefficient (Wildman–Crippen LogP) is 2.63. The third-order valence-electron chi connectivity index (χ3n) is 2.65. The van der Waals surface area contributed by atoms with Gasteiger partial charge in [0.2, 0.25) is 0 Å². The van der Waals surface area contributed by atoms with E-state index in [0.29, 0.717) is 16.9 Å². The zero-order chi connectivity index (χ0) is 14.5. The number of phenolic OH excluding ortho intramolecular Hbond substituents is 1. The van der Waals surface area contributed by atoms with Crippen LogP contribution < -0.4 is 16.4 Å². The zero-order valence-electron chi connectivity index (χ0n) is 10.6. The summed E-state index contributed by atoms with van der Waals surface area (Å²) >= 11 is 0. The Bertz CT molecular complexity index is 632. The van der Waals surface area contributed by atoms with E-state index < -0.39 is 11.8 Å². The Morgan fingerprint density at radius 2 is 1.95 bits per heavy atom. The van der Waals surface area contributed by atoms with Crippen LogP contribution in [0.2, 0.25) is 0 Å². The van der Waals surface area contributed by atoms with Gasteiger partial charge in [-0.3, -0.25) is 0 Å². The third kappa shape index (κ3) is 3.61. The number of aromatic hydroxyl groups is 1. The SMILES string of the molecule is NC(=O)Nc1cccc(NCc2cc(F)ccc2O)c1. The van der Waals surface area contributed by atoms with E-state index in [1.54, 1.807) is 24.3 Å². The van der Waals surface area contributed by atoms with Gasteiger partial charge in [-0.1, -0.05) is 6.07 Å². The molecule has 0 saturated heterocycles. The number of phenols is 1. The summed E-state index contributed by atoms with van der Waals surface area (Å²) < 4.78 is 13.1. The van der Waals surface area contributed by atoms with Gasteiger partial charge < -0.3 is 21.5 Å². The van der Waals surface area contributed by atoms with E-state index >= 15 is 0 Å². The highest BCUT2D eigenvalue weighted by molar-refractivity contribution is 5.88. The van der Waals surface area contributed by atoms with E-state index in [4.69, 9.17) is 5.73 Å². The van der Waals surface area contributed by atoms with Gasteiger partial charge in [0.05, 0.1) is 0 Å². The van der Waals surface area contributed by atoms with Crippen molar-refractivity contribution < 1.29 is 14.3 Å². The fraction of sp³-hybridized carbons (Fsp3) is 0.0714. The maximum atomic E-state index is 13.1. The van der Waals surface area contributed by atoms with Gasteiger partial charge in [0.25, 0.3) is 0 Å². The number of nitrogens with one attached hydrogen (secondary N) is 2. The number of rotatable bonds is 4. The fourth-order valence-electron chi connectivity index (χ4n) is 1.74. The number of primary amides is 1. The number of hydrogen-bond donors (Lipinski definition) is 4. The van der Waals surface area contributed by atoms with Crippen LogP contribution in [0.3, 0.4) is 0 Å². The van der Waals surface area contributed by atoms with E-state index in [1.165, 1.54) is 18.2 Å². The van der Waals surface area contributed by atoms with Crippen molar-refractivity contribution in [2.24, 2.45) is 5.73 Å². The molecule has 5 N–H and O–H groups in total. The van der Waals surface area contributed by atoms with Crippen molar-refractivity contribution in [1.82, 2.24) is 0 Å². The Morgan fingerprint density at radius 1 is 1.20 bits per heavy atom. The van der Waals surface area contributed by atoms with Gasteiger partial charge in [-0.2, -0.15) is 0 Å². The molecule has 2 aromatic carbocycles. The largest absolute Gasteiger partial charge is 0.508 e. The summed E-state index contributed by atoms with van der Waals surface area (Å²) in [6, 6.07) is 9.99. The lowest BCUT2D eigenvalue weighted by Gasteiger charge is -2.10. The number of amides is 2. The molecule has 0 aliphatic carbocycles. The normalized spacial score (nSPS) is 10.1. The average Bonchev–Trinajstić information content (AvgIpc) is 2.39. The lowest BCUT2D eigenvalue weighted by Crippen LogP contribution is -2.19. The smallest absolute Gasteiger partial charge is 0.316 e. The standard InChI is InChI=1S/C14H14FN3O2/c15-10-4-5-13(19)9(6-10)8-17-11-2-1-3-12(7-11)18-14(16)20/h1-7,17,19H,8H2,(H3,16,18,20). The van der Waals surface area contributed by atoms with Gasteiger partial charge >= 0.3 is 6.03 Å². The summed E-state index contributed by atoms with van der Waals surface area (Å²) in [6.07, 6.45) is 0. The van der Waals surface area contributed by atoms with E-state index in [0.717, 1.165) is 0 Å². The van der Waals surface area contributed by atoms with Crippen LogP contribution in [0.25, 0.3) is 0 Å². The monoisotopic (exact) mass is 275 g/mol. The highest BCUT2D eigenvalue weighted by Crippen LogP contribution is 2.20. The minimum atomic E-state index is -0.648. The molecular formula is C14H14FN3O2. The minimum absolute atomic E-state index is 0.0188. The van der Waals surface area contributed by atoms with Crippen molar-refractivity contribution in [3.05, 3.63) is 53.8 Å². The molecule has 2 amide bonds. The summed E-state index contributed by atoms with van der Waals surface area (Å²) in [7, 11) is 0. The number of carbonyl (C=O) groups excluding carboxylic acids is 1. The molecular weight excluding hydrogens is 261 g/mol. The highest BCUT2D eigenvalue weighted by Gasteiger charge is 2.03. The predicted molar refractivity (Wildman–Crippen MR) is 75.0 cm³/mol. The third-order valence-corrected chi connectivity index (χ3v) is 2.65. The van der Waals surface area contributed by atoms with E-state index in [2.05, 4.69) is 10.6 Å². The Hall–Kier alpha value is -2.76. The van der Waals surface area contributed by atoms with Gasteiger partial charge in [-0.05, 0) is 36.4 Å². The molecule has 0 aliphatic rings. The minimum Gasteiger partial charge on any atom is -0.508 e. The van der Waals surface area contributed by atoms with Crippen LogP contribution >= 0.6 is 0 Å². The summed E-state index contributed by atoms with van der Waals surface area (Å²) in [5, 5.41) is 15.1. The number of carbonyl (C=O) groups is 1. The Labute approximate surface area is 115 Å².